The van der Waals surface area contributed by atoms with Crippen LogP contribution in [0.15, 0.2) is 30.3 Å². The van der Waals surface area contributed by atoms with Gasteiger partial charge in [0, 0.05) is 25.3 Å². The molecule has 2 rings (SSSR count). The molecule has 0 radical (unpaired) electrons. The van der Waals surface area contributed by atoms with E-state index in [0.29, 0.717) is 29.6 Å². The second-order valence-corrected chi connectivity index (χ2v) is 6.45. The Morgan fingerprint density at radius 2 is 2.04 bits per heavy atom. The second kappa shape index (κ2) is 9.29. The minimum absolute atomic E-state index is 0.176. The van der Waals surface area contributed by atoms with Crippen LogP contribution in [0.25, 0.3) is 0 Å². The quantitative estimate of drug-likeness (QED) is 0.703. The Labute approximate surface area is 150 Å². The molecule has 5 nitrogen and oxygen atoms in total. The van der Waals surface area contributed by atoms with Crippen LogP contribution in [0, 0.1) is 12.7 Å². The Balaban J connectivity index is 1.95. The number of thiophene rings is 1. The third-order valence-electron chi connectivity index (χ3n) is 3.40. The zero-order valence-corrected chi connectivity index (χ0v) is 15.0. The van der Waals surface area contributed by atoms with Crippen LogP contribution in [0.4, 0.5) is 9.39 Å². The number of aryl methyl sites for hydroxylation is 1. The number of carbonyl (C=O) groups is 2. The van der Waals surface area contributed by atoms with Crippen molar-refractivity contribution in [2.75, 3.05) is 25.1 Å². The summed E-state index contributed by atoms with van der Waals surface area (Å²) in [5, 5.41) is 6.08. The molecule has 0 saturated heterocycles. The Morgan fingerprint density at radius 3 is 2.76 bits per heavy atom. The summed E-state index contributed by atoms with van der Waals surface area (Å²) in [6.07, 6.45) is 0.743. The molecule has 1 aromatic heterocycles. The molecule has 0 aliphatic carbocycles. The van der Waals surface area contributed by atoms with Crippen molar-refractivity contribution < 1.29 is 18.7 Å². The molecule has 0 atom stereocenters. The summed E-state index contributed by atoms with van der Waals surface area (Å²) >= 11 is 1.19. The van der Waals surface area contributed by atoms with Gasteiger partial charge in [0.25, 0.3) is 11.8 Å². The lowest BCUT2D eigenvalue weighted by atomic mass is 10.2. The van der Waals surface area contributed by atoms with E-state index in [-0.39, 0.29) is 11.5 Å². The monoisotopic (exact) mass is 364 g/mol. The first-order valence-corrected chi connectivity index (χ1v) is 8.86. The molecule has 0 bridgehead atoms. The number of anilines is 1. The van der Waals surface area contributed by atoms with E-state index in [2.05, 4.69) is 10.6 Å². The second-order valence-electron chi connectivity index (χ2n) is 5.39. The van der Waals surface area contributed by atoms with Crippen molar-refractivity contribution in [3.05, 3.63) is 52.2 Å². The summed E-state index contributed by atoms with van der Waals surface area (Å²) in [6.45, 7) is 5.53. The average Bonchev–Trinajstić information content (AvgIpc) is 2.95. The lowest BCUT2D eigenvalue weighted by Gasteiger charge is -2.04. The molecule has 0 aliphatic rings. The highest BCUT2D eigenvalue weighted by molar-refractivity contribution is 7.18. The minimum atomic E-state index is -0.470. The predicted octanol–water partition coefficient (Wildman–Crippen LogP) is 3.60. The number of carbonyl (C=O) groups excluding carboxylic acids is 2. The highest BCUT2D eigenvalue weighted by Crippen LogP contribution is 2.27. The van der Waals surface area contributed by atoms with E-state index in [9.17, 15) is 14.0 Å². The molecule has 2 aromatic rings. The van der Waals surface area contributed by atoms with Gasteiger partial charge < -0.3 is 15.4 Å². The molecule has 0 fully saturated rings. The normalized spacial score (nSPS) is 10.5. The van der Waals surface area contributed by atoms with Crippen molar-refractivity contribution in [1.29, 1.82) is 0 Å². The van der Waals surface area contributed by atoms with Crippen LogP contribution in [0.2, 0.25) is 0 Å². The third-order valence-corrected chi connectivity index (χ3v) is 4.55. The van der Waals surface area contributed by atoms with E-state index in [1.165, 1.54) is 35.6 Å². The Hall–Kier alpha value is -2.25. The van der Waals surface area contributed by atoms with Crippen LogP contribution >= 0.6 is 11.3 Å². The lowest BCUT2D eigenvalue weighted by molar-refractivity contribution is 0.0946. The first-order chi connectivity index (χ1) is 12.0. The Bertz CT molecular complexity index is 746. The number of benzene rings is 1. The summed E-state index contributed by atoms with van der Waals surface area (Å²) in [6, 6.07) is 7.19. The molecular formula is C18H21FN2O3S. The lowest BCUT2D eigenvalue weighted by Crippen LogP contribution is -2.25. The van der Waals surface area contributed by atoms with Gasteiger partial charge in [0.05, 0.1) is 9.88 Å². The van der Waals surface area contributed by atoms with Crippen LogP contribution in [0.1, 0.15) is 38.9 Å². The van der Waals surface area contributed by atoms with Crippen molar-refractivity contribution in [2.45, 2.75) is 20.3 Å². The molecule has 134 valence electrons. The van der Waals surface area contributed by atoms with E-state index < -0.39 is 11.7 Å². The number of rotatable bonds is 8. The van der Waals surface area contributed by atoms with Crippen molar-refractivity contribution in [3.8, 4) is 0 Å². The van der Waals surface area contributed by atoms with E-state index in [1.807, 2.05) is 13.8 Å². The van der Waals surface area contributed by atoms with Crippen LogP contribution in [0.5, 0.6) is 0 Å². The van der Waals surface area contributed by atoms with Crippen molar-refractivity contribution >= 4 is 28.2 Å². The number of ether oxygens (including phenoxy) is 1. The van der Waals surface area contributed by atoms with Gasteiger partial charge in [-0.1, -0.05) is 6.07 Å². The summed E-state index contributed by atoms with van der Waals surface area (Å²) in [5.41, 5.74) is 1.01. The maximum atomic E-state index is 13.2. The highest BCUT2D eigenvalue weighted by atomic mass is 32.1. The van der Waals surface area contributed by atoms with Gasteiger partial charge in [-0.3, -0.25) is 9.59 Å². The zero-order valence-electron chi connectivity index (χ0n) is 14.2. The van der Waals surface area contributed by atoms with Gasteiger partial charge in [0.2, 0.25) is 0 Å². The van der Waals surface area contributed by atoms with E-state index >= 15 is 0 Å². The Morgan fingerprint density at radius 1 is 1.24 bits per heavy atom. The van der Waals surface area contributed by atoms with E-state index in [0.717, 1.165) is 12.0 Å². The molecule has 0 unspecified atom stereocenters. The fraction of sp³-hybridized carbons (Fsp3) is 0.333. The van der Waals surface area contributed by atoms with Crippen molar-refractivity contribution in [1.82, 2.24) is 5.32 Å². The van der Waals surface area contributed by atoms with Gasteiger partial charge >= 0.3 is 0 Å². The minimum Gasteiger partial charge on any atom is -0.382 e. The largest absolute Gasteiger partial charge is 0.382 e. The Kier molecular flexibility index (Phi) is 7.09. The standard InChI is InChI=1S/C18H21FN2O3S/c1-3-24-9-5-8-20-18(23)16-12(2)10-15(25-16)21-17(22)13-6-4-7-14(19)11-13/h4,6-7,10-11H,3,5,8-9H2,1-2H3,(H,20,23)(H,21,22). The highest BCUT2D eigenvalue weighted by Gasteiger charge is 2.15. The molecular weight excluding hydrogens is 343 g/mol. The molecule has 0 spiro atoms. The van der Waals surface area contributed by atoms with E-state index in [1.54, 1.807) is 6.07 Å². The molecule has 7 heteroatoms. The molecule has 25 heavy (non-hydrogen) atoms. The third kappa shape index (κ3) is 5.65. The summed E-state index contributed by atoms with van der Waals surface area (Å²) in [7, 11) is 0. The first kappa shape index (κ1) is 19.1. The summed E-state index contributed by atoms with van der Waals surface area (Å²) in [5.74, 6) is -1.06. The molecule has 0 saturated carbocycles. The van der Waals surface area contributed by atoms with Gasteiger partial charge in [-0.2, -0.15) is 0 Å². The SMILES string of the molecule is CCOCCCNC(=O)c1sc(NC(=O)c2cccc(F)c2)cc1C. The predicted molar refractivity (Wildman–Crippen MR) is 96.9 cm³/mol. The van der Waals surface area contributed by atoms with Gasteiger partial charge in [0.15, 0.2) is 0 Å². The van der Waals surface area contributed by atoms with E-state index in [4.69, 9.17) is 4.74 Å². The molecule has 2 amide bonds. The number of amides is 2. The summed E-state index contributed by atoms with van der Waals surface area (Å²) < 4.78 is 18.4. The number of hydrogen-bond acceptors (Lipinski definition) is 4. The number of halogens is 1. The first-order valence-electron chi connectivity index (χ1n) is 8.04. The van der Waals surface area contributed by atoms with Crippen LogP contribution in [-0.4, -0.2) is 31.6 Å². The van der Waals surface area contributed by atoms with Crippen molar-refractivity contribution in [3.63, 3.8) is 0 Å². The number of nitrogens with one attached hydrogen (secondary N) is 2. The number of hydrogen-bond donors (Lipinski definition) is 2. The van der Waals surface area contributed by atoms with Gasteiger partial charge in [-0.15, -0.1) is 11.3 Å². The van der Waals surface area contributed by atoms with Gasteiger partial charge in [-0.25, -0.2) is 4.39 Å². The van der Waals surface area contributed by atoms with Gasteiger partial charge in [0.1, 0.15) is 5.82 Å². The fourth-order valence-corrected chi connectivity index (χ4v) is 3.17. The summed E-state index contributed by atoms with van der Waals surface area (Å²) in [4.78, 5) is 24.9. The molecule has 0 aliphatic heterocycles. The fourth-order valence-electron chi connectivity index (χ4n) is 2.18. The van der Waals surface area contributed by atoms with Crippen LogP contribution in [0.3, 0.4) is 0 Å². The maximum Gasteiger partial charge on any atom is 0.261 e. The topological polar surface area (TPSA) is 67.4 Å². The smallest absolute Gasteiger partial charge is 0.261 e. The molecule has 1 heterocycles. The average molecular weight is 364 g/mol. The van der Waals surface area contributed by atoms with Gasteiger partial charge in [-0.05, 0) is 50.1 Å². The zero-order chi connectivity index (χ0) is 18.2. The van der Waals surface area contributed by atoms with Crippen LogP contribution < -0.4 is 10.6 Å². The molecule has 2 N–H and O–H groups in total. The maximum absolute atomic E-state index is 13.2. The molecule has 1 aromatic carbocycles. The van der Waals surface area contributed by atoms with Crippen LogP contribution in [-0.2, 0) is 4.74 Å². The van der Waals surface area contributed by atoms with Crippen molar-refractivity contribution in [2.24, 2.45) is 0 Å².